The standard InChI is InChI=1S/C12H9F3N2O3/c13-6-1-2-7(14)11(10(6)15)16-8-5-9(19)17(3-4-18)12(8)20/h1-2,5,16,18H,3-4H2. The fourth-order valence-electron chi connectivity index (χ4n) is 1.69. The molecule has 106 valence electrons. The van der Waals surface area contributed by atoms with E-state index in [9.17, 15) is 22.8 Å². The van der Waals surface area contributed by atoms with Gasteiger partial charge in [0.15, 0.2) is 11.6 Å². The number of hydrogen-bond acceptors (Lipinski definition) is 4. The summed E-state index contributed by atoms with van der Waals surface area (Å²) in [6, 6.07) is 1.29. The Balaban J connectivity index is 2.28. The highest BCUT2D eigenvalue weighted by Crippen LogP contribution is 2.24. The molecule has 1 heterocycles. The Labute approximate surface area is 111 Å². The molecule has 5 nitrogen and oxygen atoms in total. The summed E-state index contributed by atoms with van der Waals surface area (Å²) in [5.74, 6) is -5.48. The lowest BCUT2D eigenvalue weighted by Crippen LogP contribution is -2.34. The number of rotatable bonds is 4. The van der Waals surface area contributed by atoms with E-state index in [0.717, 1.165) is 6.08 Å². The van der Waals surface area contributed by atoms with E-state index >= 15 is 0 Å². The van der Waals surface area contributed by atoms with Crippen molar-refractivity contribution in [1.29, 1.82) is 0 Å². The number of imide groups is 1. The van der Waals surface area contributed by atoms with Crippen LogP contribution in [0.2, 0.25) is 0 Å². The fraction of sp³-hybridized carbons (Fsp3) is 0.167. The maximum Gasteiger partial charge on any atom is 0.277 e. The molecular formula is C12H9F3N2O3. The van der Waals surface area contributed by atoms with Gasteiger partial charge in [-0.3, -0.25) is 14.5 Å². The van der Waals surface area contributed by atoms with Crippen LogP contribution in [0.25, 0.3) is 0 Å². The van der Waals surface area contributed by atoms with E-state index in [4.69, 9.17) is 5.11 Å². The predicted molar refractivity (Wildman–Crippen MR) is 61.8 cm³/mol. The molecular weight excluding hydrogens is 277 g/mol. The monoisotopic (exact) mass is 286 g/mol. The van der Waals surface area contributed by atoms with Gasteiger partial charge in [0, 0.05) is 6.08 Å². The van der Waals surface area contributed by atoms with Crippen molar-refractivity contribution < 1.29 is 27.9 Å². The third-order valence-corrected chi connectivity index (χ3v) is 2.64. The summed E-state index contributed by atoms with van der Waals surface area (Å²) < 4.78 is 39.8. The Morgan fingerprint density at radius 3 is 2.45 bits per heavy atom. The van der Waals surface area contributed by atoms with Crippen LogP contribution in [0, 0.1) is 17.5 Å². The molecule has 1 aliphatic heterocycles. The first kappa shape index (κ1) is 14.1. The van der Waals surface area contributed by atoms with Crippen LogP contribution in [0.15, 0.2) is 23.9 Å². The number of benzene rings is 1. The summed E-state index contributed by atoms with van der Waals surface area (Å²) in [5, 5.41) is 10.8. The van der Waals surface area contributed by atoms with Crippen molar-refractivity contribution in [2.45, 2.75) is 0 Å². The van der Waals surface area contributed by atoms with Gasteiger partial charge in [0.05, 0.1) is 13.2 Å². The summed E-state index contributed by atoms with van der Waals surface area (Å²) >= 11 is 0. The van der Waals surface area contributed by atoms with Crippen molar-refractivity contribution in [2.24, 2.45) is 0 Å². The summed E-state index contributed by atoms with van der Waals surface area (Å²) in [4.78, 5) is 23.9. The molecule has 0 atom stereocenters. The van der Waals surface area contributed by atoms with Gasteiger partial charge >= 0.3 is 0 Å². The molecule has 0 radical (unpaired) electrons. The second-order valence-electron chi connectivity index (χ2n) is 3.92. The zero-order chi connectivity index (χ0) is 14.9. The molecule has 0 bridgehead atoms. The van der Waals surface area contributed by atoms with E-state index in [1.807, 2.05) is 0 Å². The number of nitrogens with one attached hydrogen (secondary N) is 1. The number of aliphatic hydroxyl groups is 1. The number of carbonyl (C=O) groups is 2. The zero-order valence-corrected chi connectivity index (χ0v) is 9.99. The minimum Gasteiger partial charge on any atom is -0.395 e. The van der Waals surface area contributed by atoms with E-state index in [1.165, 1.54) is 0 Å². The number of amides is 2. The molecule has 1 aromatic rings. The average Bonchev–Trinajstić information content (AvgIpc) is 2.67. The van der Waals surface area contributed by atoms with Crippen molar-refractivity contribution in [2.75, 3.05) is 18.5 Å². The van der Waals surface area contributed by atoms with Gasteiger partial charge in [-0.2, -0.15) is 0 Å². The first-order valence-electron chi connectivity index (χ1n) is 5.54. The van der Waals surface area contributed by atoms with Gasteiger partial charge in [-0.05, 0) is 12.1 Å². The fourth-order valence-corrected chi connectivity index (χ4v) is 1.69. The largest absolute Gasteiger partial charge is 0.395 e. The van der Waals surface area contributed by atoms with E-state index in [-0.39, 0.29) is 6.54 Å². The van der Waals surface area contributed by atoms with Gasteiger partial charge < -0.3 is 10.4 Å². The normalized spacial score (nSPS) is 14.8. The molecule has 0 spiro atoms. The number of halogens is 3. The molecule has 0 saturated heterocycles. The van der Waals surface area contributed by atoms with Crippen molar-refractivity contribution >= 4 is 17.5 Å². The summed E-state index contributed by atoms with van der Waals surface area (Å²) in [5.41, 5.74) is -1.25. The molecule has 0 fully saturated rings. The minimum atomic E-state index is -1.49. The molecule has 0 aromatic heterocycles. The van der Waals surface area contributed by atoms with E-state index in [2.05, 4.69) is 5.32 Å². The zero-order valence-electron chi connectivity index (χ0n) is 9.99. The Bertz CT molecular complexity index is 616. The highest BCUT2D eigenvalue weighted by atomic mass is 19.2. The second-order valence-corrected chi connectivity index (χ2v) is 3.92. The van der Waals surface area contributed by atoms with Crippen molar-refractivity contribution in [1.82, 2.24) is 4.90 Å². The molecule has 1 aliphatic rings. The maximum atomic E-state index is 13.4. The smallest absolute Gasteiger partial charge is 0.277 e. The number of carbonyl (C=O) groups excluding carboxylic acids is 2. The highest BCUT2D eigenvalue weighted by Gasteiger charge is 2.31. The van der Waals surface area contributed by atoms with Gasteiger partial charge in [0.25, 0.3) is 11.8 Å². The van der Waals surface area contributed by atoms with Crippen LogP contribution in [0.5, 0.6) is 0 Å². The number of nitrogens with zero attached hydrogens (tertiary/aromatic N) is 1. The van der Waals surface area contributed by atoms with Crippen molar-refractivity contribution in [3.8, 4) is 0 Å². The average molecular weight is 286 g/mol. The predicted octanol–water partition coefficient (Wildman–Crippen LogP) is 0.761. The van der Waals surface area contributed by atoms with Crippen LogP contribution in [0.4, 0.5) is 18.9 Å². The number of aliphatic hydroxyl groups excluding tert-OH is 1. The molecule has 20 heavy (non-hydrogen) atoms. The lowest BCUT2D eigenvalue weighted by molar-refractivity contribution is -0.137. The van der Waals surface area contributed by atoms with Crippen LogP contribution in [0.1, 0.15) is 0 Å². The van der Waals surface area contributed by atoms with Crippen LogP contribution in [-0.2, 0) is 9.59 Å². The van der Waals surface area contributed by atoms with Crippen LogP contribution >= 0.6 is 0 Å². The van der Waals surface area contributed by atoms with E-state index in [1.54, 1.807) is 0 Å². The van der Waals surface area contributed by atoms with Crippen LogP contribution < -0.4 is 5.32 Å². The molecule has 2 rings (SSSR count). The highest BCUT2D eigenvalue weighted by molar-refractivity contribution is 6.17. The quantitative estimate of drug-likeness (QED) is 0.633. The summed E-state index contributed by atoms with van der Waals surface area (Å²) in [6.45, 7) is -0.686. The van der Waals surface area contributed by atoms with Gasteiger partial charge in [0.2, 0.25) is 0 Å². The van der Waals surface area contributed by atoms with E-state index < -0.39 is 47.3 Å². The Morgan fingerprint density at radius 1 is 1.15 bits per heavy atom. The Morgan fingerprint density at radius 2 is 1.80 bits per heavy atom. The Hall–Kier alpha value is -2.35. The van der Waals surface area contributed by atoms with E-state index in [0.29, 0.717) is 17.0 Å². The lowest BCUT2D eigenvalue weighted by atomic mass is 10.2. The van der Waals surface area contributed by atoms with Crippen LogP contribution in [0.3, 0.4) is 0 Å². The second kappa shape index (κ2) is 5.33. The van der Waals surface area contributed by atoms with Crippen molar-refractivity contribution in [3.05, 3.63) is 41.4 Å². The minimum absolute atomic E-state index is 0.243. The maximum absolute atomic E-state index is 13.4. The van der Waals surface area contributed by atoms with Gasteiger partial charge in [0.1, 0.15) is 17.2 Å². The van der Waals surface area contributed by atoms with Gasteiger partial charge in [-0.15, -0.1) is 0 Å². The molecule has 2 N–H and O–H groups in total. The third-order valence-electron chi connectivity index (χ3n) is 2.64. The topological polar surface area (TPSA) is 69.6 Å². The number of β-amino-alcohol motifs (C(OH)–C–C–N with tert-alkyl or cyclic N) is 1. The number of hydrogen-bond donors (Lipinski definition) is 2. The van der Waals surface area contributed by atoms with Gasteiger partial charge in [-0.1, -0.05) is 0 Å². The third kappa shape index (κ3) is 2.37. The van der Waals surface area contributed by atoms with Crippen molar-refractivity contribution in [3.63, 3.8) is 0 Å². The Kier molecular flexibility index (Phi) is 3.75. The molecule has 0 saturated carbocycles. The molecule has 8 heteroatoms. The first-order valence-corrected chi connectivity index (χ1v) is 5.54. The molecule has 2 amide bonds. The lowest BCUT2D eigenvalue weighted by Gasteiger charge is -2.14. The molecule has 0 unspecified atom stereocenters. The SMILES string of the molecule is O=C1C=C(Nc2c(F)ccc(F)c2F)C(=O)N1CCO. The molecule has 0 aliphatic carbocycles. The molecule has 1 aromatic carbocycles. The summed E-state index contributed by atoms with van der Waals surface area (Å²) in [7, 11) is 0. The first-order chi connectivity index (χ1) is 9.45. The number of anilines is 1. The van der Waals surface area contributed by atoms with Gasteiger partial charge in [-0.25, -0.2) is 13.2 Å². The summed E-state index contributed by atoms with van der Waals surface area (Å²) in [6.07, 6.45) is 0.821. The van der Waals surface area contributed by atoms with Crippen LogP contribution in [-0.4, -0.2) is 35.0 Å².